The summed E-state index contributed by atoms with van der Waals surface area (Å²) in [7, 11) is 0. The summed E-state index contributed by atoms with van der Waals surface area (Å²) in [6.45, 7) is 6.57. The normalized spacial score (nSPS) is 12.6. The van der Waals surface area contributed by atoms with Crippen LogP contribution in [0.3, 0.4) is 0 Å². The van der Waals surface area contributed by atoms with Crippen LogP contribution in [0.1, 0.15) is 54.8 Å². The van der Waals surface area contributed by atoms with Gasteiger partial charge in [-0.25, -0.2) is 0 Å². The summed E-state index contributed by atoms with van der Waals surface area (Å²) in [5.41, 5.74) is 6.28. The zero-order chi connectivity index (χ0) is 27.7. The van der Waals surface area contributed by atoms with E-state index in [1.165, 1.54) is 22.9 Å². The van der Waals surface area contributed by atoms with Gasteiger partial charge in [0.2, 0.25) is 6.33 Å². The van der Waals surface area contributed by atoms with Crippen molar-refractivity contribution in [3.63, 3.8) is 0 Å². The number of benzene rings is 3. The third kappa shape index (κ3) is 5.77. The van der Waals surface area contributed by atoms with Gasteiger partial charge in [-0.05, 0) is 34.2 Å². The van der Waals surface area contributed by atoms with Crippen molar-refractivity contribution in [3.8, 4) is 34.0 Å². The summed E-state index contributed by atoms with van der Waals surface area (Å²) in [6, 6.07) is 24.1. The topological polar surface area (TPSA) is 35.9 Å². The first-order valence-corrected chi connectivity index (χ1v) is 12.0. The first kappa shape index (κ1) is 22.7. The number of aromatic nitrogens is 4. The molecular formula is C31H30N4OPd-2. The predicted octanol–water partition coefficient (Wildman–Crippen LogP) is 6.59. The van der Waals surface area contributed by atoms with Crippen LogP contribution in [-0.2, 0) is 27.4 Å². The molecule has 3 aromatic carbocycles. The first-order chi connectivity index (χ1) is 18.6. The van der Waals surface area contributed by atoms with Crippen LogP contribution in [0.15, 0.2) is 79.4 Å². The zero-order valence-electron chi connectivity index (χ0n) is 24.2. The summed E-state index contributed by atoms with van der Waals surface area (Å²) >= 11 is 0. The molecule has 5 rings (SSSR count). The Kier molecular flexibility index (Phi) is 6.93. The molecule has 0 bridgehead atoms. The minimum Gasteiger partial charge on any atom is -0.510 e. The molecule has 0 aliphatic carbocycles. The molecule has 0 atom stereocenters. The quantitative estimate of drug-likeness (QED) is 0.123. The van der Waals surface area contributed by atoms with E-state index in [0.717, 1.165) is 15.8 Å². The fourth-order valence-electron chi connectivity index (χ4n) is 4.30. The number of hydrogen-bond acceptors (Lipinski definition) is 2. The molecule has 0 N–H and O–H groups in total. The SMILES string of the molecule is [2H]C([2H])([2H])[n+]1[c-]n(-c2[c-]c(Oc3[c-]c(-n4cc(-c5c(C(C)C)cccc5C(C)C)cn4)ccc3)ccc2)cc1.[Pd]. The van der Waals surface area contributed by atoms with Crippen molar-refractivity contribution in [2.75, 3.05) is 0 Å². The van der Waals surface area contributed by atoms with Gasteiger partial charge in [-0.1, -0.05) is 51.6 Å². The van der Waals surface area contributed by atoms with Crippen molar-refractivity contribution in [2.24, 2.45) is 6.98 Å². The molecule has 6 heteroatoms. The van der Waals surface area contributed by atoms with Gasteiger partial charge in [0, 0.05) is 56.1 Å². The summed E-state index contributed by atoms with van der Waals surface area (Å²) in [4.78, 5) is 0. The average Bonchev–Trinajstić information content (AvgIpc) is 3.59. The Balaban J connectivity index is 0.00000370. The fraction of sp³-hybridized carbons (Fsp3) is 0.226. The van der Waals surface area contributed by atoms with Crippen molar-refractivity contribution >= 4 is 0 Å². The molecule has 0 aliphatic rings. The van der Waals surface area contributed by atoms with Crippen LogP contribution in [0.25, 0.3) is 22.5 Å². The second-order valence-corrected chi connectivity index (χ2v) is 9.34. The molecule has 0 amide bonds. The van der Waals surface area contributed by atoms with Crippen LogP contribution in [0.5, 0.6) is 11.5 Å². The molecule has 0 aliphatic heterocycles. The predicted molar refractivity (Wildman–Crippen MR) is 141 cm³/mol. The smallest absolute Gasteiger partial charge is 0.241 e. The Labute approximate surface area is 237 Å². The maximum Gasteiger partial charge on any atom is 0.241 e. The van der Waals surface area contributed by atoms with E-state index in [0.29, 0.717) is 29.0 Å². The Bertz CT molecular complexity index is 1580. The molecule has 0 spiro atoms. The number of hydrogen-bond donors (Lipinski definition) is 0. The van der Waals surface area contributed by atoms with Crippen LogP contribution in [0.4, 0.5) is 0 Å². The van der Waals surface area contributed by atoms with Crippen molar-refractivity contribution in [3.05, 3.63) is 109 Å². The van der Waals surface area contributed by atoms with Gasteiger partial charge >= 0.3 is 0 Å². The second-order valence-electron chi connectivity index (χ2n) is 9.34. The van der Waals surface area contributed by atoms with E-state index in [1.54, 1.807) is 22.9 Å². The van der Waals surface area contributed by atoms with Gasteiger partial charge in [0.15, 0.2) is 0 Å². The van der Waals surface area contributed by atoms with E-state index in [1.807, 2.05) is 41.3 Å². The molecule has 37 heavy (non-hydrogen) atoms. The van der Waals surface area contributed by atoms with Crippen molar-refractivity contribution < 1.29 is 33.8 Å². The maximum atomic E-state index is 7.54. The Hall–Kier alpha value is -3.46. The monoisotopic (exact) mass is 583 g/mol. The van der Waals surface area contributed by atoms with Gasteiger partial charge in [-0.3, -0.25) is 4.68 Å². The minimum absolute atomic E-state index is 0. The number of nitrogens with zero attached hydrogens (tertiary/aromatic N) is 4. The van der Waals surface area contributed by atoms with Gasteiger partial charge in [-0.2, -0.15) is 23.3 Å². The van der Waals surface area contributed by atoms with E-state index < -0.39 is 6.98 Å². The third-order valence-corrected chi connectivity index (χ3v) is 6.06. The van der Waals surface area contributed by atoms with Gasteiger partial charge in [-0.15, -0.1) is 30.3 Å². The summed E-state index contributed by atoms with van der Waals surface area (Å²) in [5.74, 6) is 1.76. The molecule has 5 aromatic rings. The van der Waals surface area contributed by atoms with Crippen LogP contribution < -0.4 is 9.30 Å². The summed E-state index contributed by atoms with van der Waals surface area (Å²) in [6.07, 6.45) is 9.81. The Morgan fingerprint density at radius 2 is 1.51 bits per heavy atom. The molecule has 0 saturated carbocycles. The molecule has 0 fully saturated rings. The summed E-state index contributed by atoms with van der Waals surface area (Å²) < 4.78 is 33.1. The average molecular weight is 584 g/mol. The molecule has 2 aromatic heterocycles. The third-order valence-electron chi connectivity index (χ3n) is 6.06. The molecule has 0 unspecified atom stereocenters. The van der Waals surface area contributed by atoms with Crippen LogP contribution in [0.2, 0.25) is 0 Å². The van der Waals surface area contributed by atoms with Gasteiger partial charge in [0.05, 0.1) is 17.3 Å². The Morgan fingerprint density at radius 3 is 2.14 bits per heavy atom. The molecule has 0 radical (unpaired) electrons. The fourth-order valence-corrected chi connectivity index (χ4v) is 4.30. The molecule has 0 saturated heterocycles. The van der Waals surface area contributed by atoms with Crippen molar-refractivity contribution in [1.29, 1.82) is 0 Å². The van der Waals surface area contributed by atoms with E-state index in [-0.39, 0.29) is 20.4 Å². The van der Waals surface area contributed by atoms with E-state index in [2.05, 4.69) is 69.5 Å². The molecule has 2 heterocycles. The summed E-state index contributed by atoms with van der Waals surface area (Å²) in [5, 5.41) is 4.65. The molecule has 192 valence electrons. The number of aryl methyl sites for hydroxylation is 1. The minimum atomic E-state index is -2.30. The first-order valence-electron chi connectivity index (χ1n) is 13.5. The standard InChI is InChI=1S/C31H30N4O.Pd/c1-22(2)29-13-8-14-30(23(3)4)31(29)24-19-32-35(20-24)26-10-7-12-28(18-26)36-27-11-6-9-25(17-27)34-16-15-33(5)21-34;/h6-16,19-20,22-23H,1-5H3;/q-2;/i5D3;. The van der Waals surface area contributed by atoms with E-state index >= 15 is 0 Å². The van der Waals surface area contributed by atoms with Crippen molar-refractivity contribution in [2.45, 2.75) is 39.5 Å². The van der Waals surface area contributed by atoms with Gasteiger partial charge in [0.1, 0.15) is 0 Å². The molecular weight excluding hydrogens is 551 g/mol. The Morgan fingerprint density at radius 1 is 0.892 bits per heavy atom. The number of ether oxygens (including phenoxy) is 1. The van der Waals surface area contributed by atoms with E-state index in [9.17, 15) is 0 Å². The second kappa shape index (κ2) is 11.3. The van der Waals surface area contributed by atoms with Gasteiger partial charge < -0.3 is 13.9 Å². The number of rotatable bonds is 7. The zero-order valence-corrected chi connectivity index (χ0v) is 22.7. The van der Waals surface area contributed by atoms with Crippen LogP contribution in [-0.4, -0.2) is 14.3 Å². The van der Waals surface area contributed by atoms with Crippen LogP contribution >= 0.6 is 0 Å². The number of imidazole rings is 1. The maximum absolute atomic E-state index is 7.54. The van der Waals surface area contributed by atoms with Crippen LogP contribution in [0, 0.1) is 18.5 Å². The molecule has 5 nitrogen and oxygen atoms in total. The van der Waals surface area contributed by atoms with Crippen molar-refractivity contribution in [1.82, 2.24) is 14.3 Å². The van der Waals surface area contributed by atoms with Gasteiger partial charge in [0.25, 0.3) is 0 Å². The largest absolute Gasteiger partial charge is 0.510 e. The van der Waals surface area contributed by atoms with E-state index in [4.69, 9.17) is 8.85 Å².